The van der Waals surface area contributed by atoms with Gasteiger partial charge in [0.25, 0.3) is 0 Å². The molecule has 0 amide bonds. The summed E-state index contributed by atoms with van der Waals surface area (Å²) in [4.78, 5) is 4.49. The lowest BCUT2D eigenvalue weighted by Gasteiger charge is -1.99. The fourth-order valence-corrected chi connectivity index (χ4v) is 1.57. The van der Waals surface area contributed by atoms with E-state index in [9.17, 15) is 0 Å². The molecule has 2 nitrogen and oxygen atoms in total. The lowest BCUT2D eigenvalue weighted by atomic mass is 10.1. The van der Waals surface area contributed by atoms with Crippen molar-refractivity contribution in [2.45, 2.75) is 26.7 Å². The minimum atomic E-state index is 0.705. The lowest BCUT2D eigenvalue weighted by molar-refractivity contribution is 0.562. The topological polar surface area (TPSA) is 26.0 Å². The second-order valence-electron chi connectivity index (χ2n) is 4.44. The van der Waals surface area contributed by atoms with Crippen molar-refractivity contribution >= 4 is 0 Å². The summed E-state index contributed by atoms with van der Waals surface area (Å²) in [5.41, 5.74) is 2.09. The highest BCUT2D eigenvalue weighted by atomic mass is 16.3. The third-order valence-corrected chi connectivity index (χ3v) is 2.55. The number of benzene rings is 1. The van der Waals surface area contributed by atoms with Crippen LogP contribution in [0.5, 0.6) is 0 Å². The zero-order valence-corrected chi connectivity index (χ0v) is 9.81. The van der Waals surface area contributed by atoms with E-state index in [1.165, 1.54) is 0 Å². The van der Waals surface area contributed by atoms with Crippen molar-refractivity contribution in [1.82, 2.24) is 4.98 Å². The Labute approximate surface area is 96.3 Å². The molecule has 0 aliphatic rings. The predicted octanol–water partition coefficient (Wildman–Crippen LogP) is 3.93. The van der Waals surface area contributed by atoms with Crippen LogP contribution in [-0.4, -0.2) is 4.98 Å². The summed E-state index contributed by atoms with van der Waals surface area (Å²) in [6, 6.07) is 10.0. The molecular weight excluding hydrogens is 198 g/mol. The molecule has 0 spiro atoms. The van der Waals surface area contributed by atoms with E-state index in [0.717, 1.165) is 30.0 Å². The molecule has 2 rings (SSSR count). The Morgan fingerprint density at radius 3 is 2.62 bits per heavy atom. The molecule has 1 aromatic heterocycles. The maximum absolute atomic E-state index is 5.47. The van der Waals surface area contributed by atoms with Crippen LogP contribution in [0.1, 0.15) is 26.0 Å². The van der Waals surface area contributed by atoms with Gasteiger partial charge in [-0.2, -0.15) is 0 Å². The number of oxazole rings is 1. The lowest BCUT2D eigenvalue weighted by Crippen LogP contribution is -1.92. The average molecular weight is 215 g/mol. The first-order valence-corrected chi connectivity index (χ1v) is 5.75. The van der Waals surface area contributed by atoms with E-state index < -0.39 is 0 Å². The van der Waals surface area contributed by atoms with Gasteiger partial charge in [0.05, 0.1) is 5.69 Å². The van der Waals surface area contributed by atoms with Gasteiger partial charge in [-0.25, -0.2) is 4.98 Å². The Hall–Kier alpha value is -1.57. The normalized spacial score (nSPS) is 10.9. The molecule has 0 N–H and O–H groups in total. The summed E-state index contributed by atoms with van der Waals surface area (Å²) in [6.45, 7) is 4.44. The molecule has 0 saturated carbocycles. The van der Waals surface area contributed by atoms with Crippen molar-refractivity contribution < 1.29 is 4.42 Å². The van der Waals surface area contributed by atoms with Gasteiger partial charge in [0.2, 0.25) is 5.89 Å². The van der Waals surface area contributed by atoms with E-state index in [4.69, 9.17) is 4.42 Å². The summed E-state index contributed by atoms with van der Waals surface area (Å²) in [6.07, 6.45) is 3.92. The van der Waals surface area contributed by atoms with Crippen LogP contribution in [0.3, 0.4) is 0 Å². The van der Waals surface area contributed by atoms with Crippen LogP contribution < -0.4 is 0 Å². The molecule has 84 valence electrons. The molecule has 0 aliphatic carbocycles. The predicted molar refractivity (Wildman–Crippen MR) is 65.1 cm³/mol. The van der Waals surface area contributed by atoms with Crippen molar-refractivity contribution in [2.24, 2.45) is 5.92 Å². The van der Waals surface area contributed by atoms with Gasteiger partial charge in [-0.1, -0.05) is 32.0 Å². The van der Waals surface area contributed by atoms with Gasteiger partial charge in [-0.15, -0.1) is 0 Å². The van der Waals surface area contributed by atoms with Crippen molar-refractivity contribution in [1.29, 1.82) is 0 Å². The fraction of sp³-hybridized carbons (Fsp3) is 0.357. The van der Waals surface area contributed by atoms with Gasteiger partial charge >= 0.3 is 0 Å². The third kappa shape index (κ3) is 2.72. The molecule has 16 heavy (non-hydrogen) atoms. The highest BCUT2D eigenvalue weighted by molar-refractivity contribution is 5.52. The summed E-state index contributed by atoms with van der Waals surface area (Å²) in [7, 11) is 0. The number of nitrogens with zero attached hydrogens (tertiary/aromatic N) is 1. The molecule has 0 atom stereocenters. The van der Waals surface area contributed by atoms with Crippen molar-refractivity contribution in [3.05, 3.63) is 42.3 Å². The van der Waals surface area contributed by atoms with Gasteiger partial charge in [0.1, 0.15) is 6.26 Å². The van der Waals surface area contributed by atoms with Gasteiger partial charge in [-0.3, -0.25) is 0 Å². The zero-order chi connectivity index (χ0) is 11.4. The second-order valence-corrected chi connectivity index (χ2v) is 4.44. The molecule has 1 heterocycles. The van der Waals surface area contributed by atoms with E-state index >= 15 is 0 Å². The van der Waals surface area contributed by atoms with E-state index in [0.29, 0.717) is 5.92 Å². The summed E-state index contributed by atoms with van der Waals surface area (Å²) >= 11 is 0. The fourth-order valence-electron chi connectivity index (χ4n) is 1.57. The maximum Gasteiger partial charge on any atom is 0.226 e. The van der Waals surface area contributed by atoms with Crippen molar-refractivity contribution in [3.8, 4) is 11.5 Å². The number of hydrogen-bond acceptors (Lipinski definition) is 2. The van der Waals surface area contributed by atoms with Crippen LogP contribution in [0.4, 0.5) is 0 Å². The number of hydrogen-bond donors (Lipinski definition) is 0. The van der Waals surface area contributed by atoms with Crippen molar-refractivity contribution in [2.75, 3.05) is 0 Å². The Morgan fingerprint density at radius 2 is 1.94 bits per heavy atom. The largest absolute Gasteiger partial charge is 0.444 e. The summed E-state index contributed by atoms with van der Waals surface area (Å²) < 4.78 is 5.47. The van der Waals surface area contributed by atoms with Crippen LogP contribution in [0, 0.1) is 5.92 Å². The third-order valence-electron chi connectivity index (χ3n) is 2.55. The number of aromatic nitrogens is 1. The second kappa shape index (κ2) is 4.97. The molecule has 0 bridgehead atoms. The SMILES string of the molecule is CC(C)CCc1coc(-c2ccccc2)n1. The van der Waals surface area contributed by atoms with E-state index in [-0.39, 0.29) is 0 Å². The quantitative estimate of drug-likeness (QED) is 0.772. The number of rotatable bonds is 4. The van der Waals surface area contributed by atoms with Gasteiger partial charge in [0, 0.05) is 5.56 Å². The minimum absolute atomic E-state index is 0.705. The molecule has 0 aliphatic heterocycles. The van der Waals surface area contributed by atoms with Gasteiger partial charge < -0.3 is 4.42 Å². The molecule has 1 aromatic carbocycles. The van der Waals surface area contributed by atoms with Crippen LogP contribution in [0.25, 0.3) is 11.5 Å². The highest BCUT2D eigenvalue weighted by Crippen LogP contribution is 2.19. The number of aryl methyl sites for hydroxylation is 1. The highest BCUT2D eigenvalue weighted by Gasteiger charge is 2.06. The molecular formula is C14H17NO. The Balaban J connectivity index is 2.08. The van der Waals surface area contributed by atoms with Gasteiger partial charge in [-0.05, 0) is 30.9 Å². The Morgan fingerprint density at radius 1 is 1.19 bits per heavy atom. The van der Waals surface area contributed by atoms with Crippen LogP contribution >= 0.6 is 0 Å². The molecule has 0 unspecified atom stereocenters. The molecule has 2 aromatic rings. The van der Waals surface area contributed by atoms with Crippen LogP contribution in [0.2, 0.25) is 0 Å². The van der Waals surface area contributed by atoms with Crippen molar-refractivity contribution in [3.63, 3.8) is 0 Å². The molecule has 0 fully saturated rings. The minimum Gasteiger partial charge on any atom is -0.444 e. The van der Waals surface area contributed by atoms with E-state index in [2.05, 4.69) is 18.8 Å². The van der Waals surface area contributed by atoms with Crippen LogP contribution in [0.15, 0.2) is 41.0 Å². The smallest absolute Gasteiger partial charge is 0.226 e. The Kier molecular flexibility index (Phi) is 3.40. The van der Waals surface area contributed by atoms with Gasteiger partial charge in [0.15, 0.2) is 0 Å². The molecule has 0 radical (unpaired) electrons. The molecule has 2 heteroatoms. The average Bonchev–Trinajstić information content (AvgIpc) is 2.76. The zero-order valence-electron chi connectivity index (χ0n) is 9.81. The summed E-state index contributed by atoms with van der Waals surface area (Å²) in [5.74, 6) is 1.43. The van der Waals surface area contributed by atoms with Crippen LogP contribution in [-0.2, 0) is 6.42 Å². The standard InChI is InChI=1S/C14H17NO/c1-11(2)8-9-13-10-16-14(15-13)12-6-4-3-5-7-12/h3-7,10-11H,8-9H2,1-2H3. The first-order valence-electron chi connectivity index (χ1n) is 5.75. The monoisotopic (exact) mass is 215 g/mol. The summed E-state index contributed by atoms with van der Waals surface area (Å²) in [5, 5.41) is 0. The maximum atomic E-state index is 5.47. The van der Waals surface area contributed by atoms with E-state index in [1.54, 1.807) is 6.26 Å². The molecule has 0 saturated heterocycles. The first-order chi connectivity index (χ1) is 7.75. The Bertz CT molecular complexity index is 431. The van der Waals surface area contributed by atoms with E-state index in [1.807, 2.05) is 30.3 Å². The first kappa shape index (κ1) is 10.9.